The van der Waals surface area contributed by atoms with Crippen molar-refractivity contribution in [1.29, 1.82) is 0 Å². The van der Waals surface area contributed by atoms with Gasteiger partial charge in [0, 0.05) is 12.6 Å². The Morgan fingerprint density at radius 3 is 2.78 bits per heavy atom. The fourth-order valence-electron chi connectivity index (χ4n) is 2.46. The lowest BCUT2D eigenvalue weighted by Gasteiger charge is -2.19. The number of sulfonamides is 1. The van der Waals surface area contributed by atoms with Gasteiger partial charge in [0.2, 0.25) is 10.0 Å². The number of hydrogen-bond donors (Lipinski definition) is 1. The molecule has 1 aromatic heterocycles. The molecule has 1 fully saturated rings. The molecule has 0 aliphatic carbocycles. The van der Waals surface area contributed by atoms with Gasteiger partial charge in [0.1, 0.15) is 5.75 Å². The molecule has 0 bridgehead atoms. The van der Waals surface area contributed by atoms with Crippen molar-refractivity contribution in [3.8, 4) is 5.75 Å². The first kappa shape index (κ1) is 15.8. The van der Waals surface area contributed by atoms with Gasteiger partial charge in [-0.3, -0.25) is 9.10 Å². The number of amides is 1. The quantitative estimate of drug-likeness (QED) is 0.917. The Balaban J connectivity index is 1.87. The van der Waals surface area contributed by atoms with E-state index in [1.54, 1.807) is 30.3 Å². The lowest BCUT2D eigenvalue weighted by Crippen LogP contribution is -2.25. The third-order valence-electron chi connectivity index (χ3n) is 3.57. The molecule has 1 amide bonds. The maximum Gasteiger partial charge on any atom is 0.265 e. The van der Waals surface area contributed by atoms with Crippen molar-refractivity contribution in [2.24, 2.45) is 0 Å². The summed E-state index contributed by atoms with van der Waals surface area (Å²) < 4.78 is 30.7. The molecule has 1 saturated heterocycles. The SMILES string of the molecule is COc1cc(N2CCCS2(=O)=O)ccc1NC(=O)c1cccs1. The van der Waals surface area contributed by atoms with Gasteiger partial charge >= 0.3 is 0 Å². The molecule has 0 atom stereocenters. The highest BCUT2D eigenvalue weighted by Crippen LogP contribution is 2.33. The summed E-state index contributed by atoms with van der Waals surface area (Å²) in [6.07, 6.45) is 0.613. The maximum atomic E-state index is 12.1. The van der Waals surface area contributed by atoms with Gasteiger partial charge < -0.3 is 10.1 Å². The van der Waals surface area contributed by atoms with E-state index in [0.29, 0.717) is 35.0 Å². The average Bonchev–Trinajstić information content (AvgIpc) is 3.17. The second-order valence-electron chi connectivity index (χ2n) is 5.06. The van der Waals surface area contributed by atoms with E-state index in [1.807, 2.05) is 5.38 Å². The van der Waals surface area contributed by atoms with Crippen LogP contribution in [0.4, 0.5) is 11.4 Å². The van der Waals surface area contributed by atoms with Crippen molar-refractivity contribution in [3.63, 3.8) is 0 Å². The van der Waals surface area contributed by atoms with Crippen LogP contribution in [-0.4, -0.2) is 33.7 Å². The van der Waals surface area contributed by atoms with Gasteiger partial charge in [-0.2, -0.15) is 0 Å². The first-order valence-electron chi connectivity index (χ1n) is 7.04. The summed E-state index contributed by atoms with van der Waals surface area (Å²) in [6.45, 7) is 0.465. The predicted molar refractivity (Wildman–Crippen MR) is 91.0 cm³/mol. The lowest BCUT2D eigenvalue weighted by molar-refractivity contribution is 0.103. The van der Waals surface area contributed by atoms with Gasteiger partial charge in [0.25, 0.3) is 5.91 Å². The number of benzene rings is 1. The van der Waals surface area contributed by atoms with Crippen LogP contribution in [0.2, 0.25) is 0 Å². The molecule has 3 rings (SSSR count). The van der Waals surface area contributed by atoms with E-state index in [9.17, 15) is 13.2 Å². The largest absolute Gasteiger partial charge is 0.494 e. The van der Waals surface area contributed by atoms with E-state index in [0.717, 1.165) is 0 Å². The van der Waals surface area contributed by atoms with Gasteiger partial charge in [-0.15, -0.1) is 11.3 Å². The summed E-state index contributed by atoms with van der Waals surface area (Å²) in [7, 11) is -1.76. The average molecular weight is 352 g/mol. The van der Waals surface area contributed by atoms with E-state index in [2.05, 4.69) is 5.32 Å². The molecule has 6 nitrogen and oxygen atoms in total. The van der Waals surface area contributed by atoms with Gasteiger partial charge in [-0.1, -0.05) is 6.07 Å². The first-order chi connectivity index (χ1) is 11.0. The fraction of sp³-hybridized carbons (Fsp3) is 0.267. The molecular weight excluding hydrogens is 336 g/mol. The van der Waals surface area contributed by atoms with Crippen molar-refractivity contribution in [3.05, 3.63) is 40.6 Å². The number of hydrogen-bond acceptors (Lipinski definition) is 5. The van der Waals surface area contributed by atoms with E-state index < -0.39 is 10.0 Å². The molecule has 2 heterocycles. The first-order valence-corrected chi connectivity index (χ1v) is 9.53. The number of rotatable bonds is 4. The Hall–Kier alpha value is -2.06. The summed E-state index contributed by atoms with van der Waals surface area (Å²) in [4.78, 5) is 12.7. The van der Waals surface area contributed by atoms with Gasteiger partial charge in [0.05, 0.1) is 29.1 Å². The Morgan fingerprint density at radius 1 is 1.35 bits per heavy atom. The molecule has 8 heteroatoms. The Kier molecular flexibility index (Phi) is 4.27. The second-order valence-corrected chi connectivity index (χ2v) is 8.02. The molecule has 1 aromatic carbocycles. The summed E-state index contributed by atoms with van der Waals surface area (Å²) in [6, 6.07) is 8.51. The van der Waals surface area contributed by atoms with Gasteiger partial charge in [-0.25, -0.2) is 8.42 Å². The third kappa shape index (κ3) is 3.18. The Morgan fingerprint density at radius 2 is 2.17 bits per heavy atom. The number of anilines is 2. The third-order valence-corrected chi connectivity index (χ3v) is 6.30. The monoisotopic (exact) mass is 352 g/mol. The molecule has 0 saturated carbocycles. The van der Waals surface area contributed by atoms with E-state index >= 15 is 0 Å². The van der Waals surface area contributed by atoms with Crippen molar-refractivity contribution in [2.75, 3.05) is 29.0 Å². The minimum absolute atomic E-state index is 0.159. The number of thiophene rings is 1. The van der Waals surface area contributed by atoms with Crippen LogP contribution in [0.25, 0.3) is 0 Å². The number of carbonyl (C=O) groups excluding carboxylic acids is 1. The molecule has 0 radical (unpaired) electrons. The lowest BCUT2D eigenvalue weighted by atomic mass is 10.2. The highest BCUT2D eigenvalue weighted by Gasteiger charge is 2.29. The number of nitrogens with one attached hydrogen (secondary N) is 1. The summed E-state index contributed by atoms with van der Waals surface area (Å²) in [5, 5.41) is 4.61. The number of carbonyl (C=O) groups is 1. The topological polar surface area (TPSA) is 75.7 Å². The van der Waals surface area contributed by atoms with Crippen LogP contribution in [-0.2, 0) is 10.0 Å². The molecule has 122 valence electrons. The second kappa shape index (κ2) is 6.21. The van der Waals surface area contributed by atoms with Crippen molar-refractivity contribution >= 4 is 38.6 Å². The van der Waals surface area contributed by atoms with Crippen molar-refractivity contribution in [2.45, 2.75) is 6.42 Å². The van der Waals surface area contributed by atoms with Crippen LogP contribution >= 0.6 is 11.3 Å². The van der Waals surface area contributed by atoms with Crippen LogP contribution in [0.1, 0.15) is 16.1 Å². The highest BCUT2D eigenvalue weighted by molar-refractivity contribution is 7.93. The van der Waals surface area contributed by atoms with Crippen LogP contribution in [0.15, 0.2) is 35.7 Å². The zero-order valence-corrected chi connectivity index (χ0v) is 14.1. The van der Waals surface area contributed by atoms with Crippen LogP contribution in [0.5, 0.6) is 5.75 Å². The van der Waals surface area contributed by atoms with Crippen LogP contribution in [0, 0.1) is 0 Å². The molecule has 2 aromatic rings. The molecule has 1 N–H and O–H groups in total. The summed E-state index contributed by atoms with van der Waals surface area (Å²) >= 11 is 1.35. The highest BCUT2D eigenvalue weighted by atomic mass is 32.2. The Bertz CT molecular complexity index is 816. The van der Waals surface area contributed by atoms with E-state index in [-0.39, 0.29) is 11.7 Å². The standard InChI is InChI=1S/C15H16N2O4S2/c1-21-13-10-11(17-7-3-9-23(17,19)20)5-6-12(13)16-15(18)14-4-2-8-22-14/h2,4-6,8,10H,3,7,9H2,1H3,(H,16,18). The van der Waals surface area contributed by atoms with Gasteiger partial charge in [0.15, 0.2) is 0 Å². The van der Waals surface area contributed by atoms with Crippen LogP contribution < -0.4 is 14.4 Å². The molecule has 1 aliphatic heterocycles. The smallest absolute Gasteiger partial charge is 0.265 e. The Labute approximate surface area is 138 Å². The van der Waals surface area contributed by atoms with Crippen LogP contribution in [0.3, 0.4) is 0 Å². The zero-order chi connectivity index (χ0) is 16.4. The predicted octanol–water partition coefficient (Wildman–Crippen LogP) is 2.55. The summed E-state index contributed by atoms with van der Waals surface area (Å²) in [5.41, 5.74) is 1.06. The number of methoxy groups -OCH3 is 1. The van der Waals surface area contributed by atoms with Crippen molar-refractivity contribution < 1.29 is 17.9 Å². The molecule has 23 heavy (non-hydrogen) atoms. The molecule has 1 aliphatic rings. The normalized spacial score (nSPS) is 16.3. The van der Waals surface area contributed by atoms with E-state index in [4.69, 9.17) is 4.74 Å². The molecule has 0 spiro atoms. The van der Waals surface area contributed by atoms with Gasteiger partial charge in [-0.05, 0) is 30.0 Å². The number of nitrogens with zero attached hydrogens (tertiary/aromatic N) is 1. The minimum Gasteiger partial charge on any atom is -0.494 e. The maximum absolute atomic E-state index is 12.1. The number of ether oxygens (including phenoxy) is 1. The van der Waals surface area contributed by atoms with E-state index in [1.165, 1.54) is 22.8 Å². The molecule has 0 unspecified atom stereocenters. The van der Waals surface area contributed by atoms with Crippen molar-refractivity contribution in [1.82, 2.24) is 0 Å². The summed E-state index contributed by atoms with van der Waals surface area (Å²) in [5.74, 6) is 0.362. The fourth-order valence-corrected chi connectivity index (χ4v) is 4.63. The molecular formula is C15H16N2O4S2. The minimum atomic E-state index is -3.24. The zero-order valence-electron chi connectivity index (χ0n) is 12.5.